The number of fused-ring (bicyclic) bond motifs is 1. The largest absolute Gasteiger partial charge is 0.370 e. The molecule has 2 N–H and O–H groups in total. The van der Waals surface area contributed by atoms with Gasteiger partial charge in [-0.25, -0.2) is 9.37 Å². The zero-order valence-corrected chi connectivity index (χ0v) is 16.3. The minimum Gasteiger partial charge on any atom is -0.370 e. The first-order valence-corrected chi connectivity index (χ1v) is 10.2. The predicted octanol–water partition coefficient (Wildman–Crippen LogP) is 3.87. The maximum Gasteiger partial charge on any atom is 0.262 e. The van der Waals surface area contributed by atoms with Gasteiger partial charge in [-0.05, 0) is 42.7 Å². The molecule has 0 radical (unpaired) electrons. The Kier molecular flexibility index (Phi) is 6.81. The van der Waals surface area contributed by atoms with Crippen molar-refractivity contribution in [3.63, 3.8) is 0 Å². The van der Waals surface area contributed by atoms with Crippen molar-refractivity contribution in [3.05, 3.63) is 70.3 Å². The molecule has 0 atom stereocenters. The number of para-hydroxylation sites is 1. The van der Waals surface area contributed by atoms with Crippen LogP contribution in [0, 0.1) is 5.82 Å². The topological polar surface area (TPSA) is 78.0 Å². The van der Waals surface area contributed by atoms with Crippen molar-refractivity contribution in [2.75, 3.05) is 0 Å². The van der Waals surface area contributed by atoms with Gasteiger partial charge in [0.05, 0.1) is 10.9 Å². The first kappa shape index (κ1) is 20.1. The number of primary amides is 1. The quantitative estimate of drug-likeness (QED) is 0.337. The maximum absolute atomic E-state index is 13.1. The van der Waals surface area contributed by atoms with Gasteiger partial charge in [-0.2, -0.15) is 0 Å². The molecule has 146 valence electrons. The van der Waals surface area contributed by atoms with E-state index in [0.29, 0.717) is 41.2 Å². The Labute approximate surface area is 166 Å². The first-order valence-electron chi connectivity index (χ1n) is 9.20. The van der Waals surface area contributed by atoms with E-state index in [-0.39, 0.29) is 17.3 Å². The van der Waals surface area contributed by atoms with E-state index >= 15 is 0 Å². The Morgan fingerprint density at radius 2 is 1.82 bits per heavy atom. The van der Waals surface area contributed by atoms with Crippen LogP contribution in [0.25, 0.3) is 10.9 Å². The van der Waals surface area contributed by atoms with Gasteiger partial charge in [0.15, 0.2) is 5.16 Å². The number of thioether (sulfide) groups is 1. The van der Waals surface area contributed by atoms with Crippen LogP contribution < -0.4 is 11.3 Å². The van der Waals surface area contributed by atoms with Crippen molar-refractivity contribution < 1.29 is 9.18 Å². The SMILES string of the molecule is NC(=O)CCCCCn1c(SCc2ccc(F)cc2)nc2ccccc2c1=O. The Balaban J connectivity index is 1.80. The number of carbonyl (C=O) groups is 1. The Morgan fingerprint density at radius 1 is 1.07 bits per heavy atom. The number of aromatic nitrogens is 2. The van der Waals surface area contributed by atoms with Gasteiger partial charge in [0, 0.05) is 18.7 Å². The van der Waals surface area contributed by atoms with E-state index in [0.717, 1.165) is 18.4 Å². The van der Waals surface area contributed by atoms with Crippen LogP contribution in [-0.4, -0.2) is 15.5 Å². The molecule has 0 aliphatic rings. The van der Waals surface area contributed by atoms with Gasteiger partial charge >= 0.3 is 0 Å². The van der Waals surface area contributed by atoms with Crippen LogP contribution in [0.2, 0.25) is 0 Å². The zero-order chi connectivity index (χ0) is 19.9. The highest BCUT2D eigenvalue weighted by Gasteiger charge is 2.11. The average molecular weight is 399 g/mol. The van der Waals surface area contributed by atoms with E-state index in [1.165, 1.54) is 23.9 Å². The van der Waals surface area contributed by atoms with E-state index in [4.69, 9.17) is 5.73 Å². The Bertz CT molecular complexity index is 1020. The number of unbranched alkanes of at least 4 members (excludes halogenated alkanes) is 2. The average Bonchev–Trinajstić information content (AvgIpc) is 2.69. The maximum atomic E-state index is 13.1. The van der Waals surface area contributed by atoms with Gasteiger partial charge in [0.1, 0.15) is 5.82 Å². The van der Waals surface area contributed by atoms with Crippen LogP contribution >= 0.6 is 11.8 Å². The molecule has 2 aromatic carbocycles. The van der Waals surface area contributed by atoms with Gasteiger partial charge in [0.2, 0.25) is 5.91 Å². The summed E-state index contributed by atoms with van der Waals surface area (Å²) in [5, 5.41) is 1.23. The number of hydrogen-bond donors (Lipinski definition) is 1. The molecule has 0 fully saturated rings. The fourth-order valence-corrected chi connectivity index (χ4v) is 3.91. The van der Waals surface area contributed by atoms with Crippen molar-refractivity contribution >= 4 is 28.6 Å². The molecule has 0 unspecified atom stereocenters. The predicted molar refractivity (Wildman–Crippen MR) is 110 cm³/mol. The van der Waals surface area contributed by atoms with Crippen molar-refractivity contribution in [1.29, 1.82) is 0 Å². The van der Waals surface area contributed by atoms with Crippen molar-refractivity contribution in [2.45, 2.75) is 43.1 Å². The lowest BCUT2D eigenvalue weighted by molar-refractivity contribution is -0.118. The van der Waals surface area contributed by atoms with E-state index in [1.54, 1.807) is 22.8 Å². The summed E-state index contributed by atoms with van der Waals surface area (Å²) in [6, 6.07) is 13.6. The Morgan fingerprint density at radius 3 is 2.57 bits per heavy atom. The standard InChI is InChI=1S/C21H22FN3O2S/c22-16-11-9-15(10-12-16)14-28-21-24-18-7-4-3-6-17(18)20(27)25(21)13-5-1-2-8-19(23)26/h3-4,6-7,9-12H,1-2,5,8,13-14H2,(H2,23,26). The molecule has 1 amide bonds. The van der Waals surface area contributed by atoms with Gasteiger partial charge in [0.25, 0.3) is 5.56 Å². The van der Waals surface area contributed by atoms with Crippen LogP contribution in [0.4, 0.5) is 4.39 Å². The minimum absolute atomic E-state index is 0.0675. The van der Waals surface area contributed by atoms with Gasteiger partial charge < -0.3 is 5.73 Å². The molecule has 0 bridgehead atoms. The molecule has 0 saturated carbocycles. The third-order valence-corrected chi connectivity index (χ3v) is 5.46. The van der Waals surface area contributed by atoms with E-state index in [1.807, 2.05) is 18.2 Å². The monoisotopic (exact) mass is 399 g/mol. The van der Waals surface area contributed by atoms with Gasteiger partial charge in [-0.1, -0.05) is 42.4 Å². The summed E-state index contributed by atoms with van der Waals surface area (Å²) < 4.78 is 14.8. The van der Waals surface area contributed by atoms with E-state index in [9.17, 15) is 14.0 Å². The lowest BCUT2D eigenvalue weighted by Crippen LogP contribution is -2.23. The van der Waals surface area contributed by atoms with Crippen LogP contribution in [0.5, 0.6) is 0 Å². The minimum atomic E-state index is -0.305. The number of hydrogen-bond acceptors (Lipinski definition) is 4. The van der Waals surface area contributed by atoms with Crippen LogP contribution in [0.15, 0.2) is 58.5 Å². The highest BCUT2D eigenvalue weighted by Crippen LogP contribution is 2.23. The third-order valence-electron chi connectivity index (χ3n) is 4.41. The van der Waals surface area contributed by atoms with Crippen LogP contribution in [0.3, 0.4) is 0 Å². The summed E-state index contributed by atoms with van der Waals surface area (Å²) in [5.74, 6) is 0.0118. The molecule has 1 aromatic heterocycles. The molecule has 0 spiro atoms. The van der Waals surface area contributed by atoms with Crippen LogP contribution in [0.1, 0.15) is 31.2 Å². The summed E-state index contributed by atoms with van der Waals surface area (Å²) in [7, 11) is 0. The van der Waals surface area contributed by atoms with Crippen molar-refractivity contribution in [1.82, 2.24) is 9.55 Å². The number of nitrogens with two attached hydrogens (primary N) is 1. The number of carbonyl (C=O) groups excluding carboxylic acids is 1. The summed E-state index contributed by atoms with van der Waals surface area (Å²) >= 11 is 1.46. The molecule has 5 nitrogen and oxygen atoms in total. The lowest BCUT2D eigenvalue weighted by Gasteiger charge is -2.13. The zero-order valence-electron chi connectivity index (χ0n) is 15.4. The molecule has 3 rings (SSSR count). The molecule has 3 aromatic rings. The number of benzene rings is 2. The third kappa shape index (κ3) is 5.19. The lowest BCUT2D eigenvalue weighted by atomic mass is 10.2. The fourth-order valence-electron chi connectivity index (χ4n) is 2.93. The van der Waals surface area contributed by atoms with Gasteiger partial charge in [-0.3, -0.25) is 14.2 Å². The number of halogens is 1. The number of amides is 1. The Hall–Kier alpha value is -2.67. The molecular formula is C21H22FN3O2S. The van der Waals surface area contributed by atoms with Gasteiger partial charge in [-0.15, -0.1) is 0 Å². The second-order valence-corrected chi connectivity index (χ2v) is 7.50. The second kappa shape index (κ2) is 9.50. The smallest absolute Gasteiger partial charge is 0.262 e. The number of rotatable bonds is 9. The highest BCUT2D eigenvalue weighted by atomic mass is 32.2. The molecule has 0 aliphatic carbocycles. The van der Waals surface area contributed by atoms with E-state index in [2.05, 4.69) is 4.98 Å². The fraction of sp³-hybridized carbons (Fsp3) is 0.286. The summed E-state index contributed by atoms with van der Waals surface area (Å²) in [5.41, 5.74) is 6.73. The molecule has 7 heteroatoms. The summed E-state index contributed by atoms with van der Waals surface area (Å²) in [4.78, 5) is 28.5. The molecule has 28 heavy (non-hydrogen) atoms. The first-order chi connectivity index (χ1) is 13.5. The molecule has 0 saturated heterocycles. The molecule has 0 aliphatic heterocycles. The molecule has 1 heterocycles. The highest BCUT2D eigenvalue weighted by molar-refractivity contribution is 7.98. The summed E-state index contributed by atoms with van der Waals surface area (Å²) in [6.07, 6.45) is 2.64. The van der Waals surface area contributed by atoms with Crippen molar-refractivity contribution in [3.8, 4) is 0 Å². The summed E-state index contributed by atoms with van der Waals surface area (Å²) in [6.45, 7) is 0.529. The normalized spacial score (nSPS) is 11.0. The second-order valence-electron chi connectivity index (χ2n) is 6.56. The van der Waals surface area contributed by atoms with Crippen molar-refractivity contribution in [2.24, 2.45) is 5.73 Å². The number of nitrogens with zero attached hydrogens (tertiary/aromatic N) is 2. The molecular weight excluding hydrogens is 377 g/mol. The van der Waals surface area contributed by atoms with Crippen LogP contribution in [-0.2, 0) is 17.1 Å². The van der Waals surface area contributed by atoms with E-state index < -0.39 is 0 Å².